The molecule has 0 aliphatic carbocycles. The SMILES string of the molecule is COc1cc2c(cc1OC)Cc1n[nH]c(=S)n1C=C2. The largest absolute Gasteiger partial charge is 0.493 e. The predicted molar refractivity (Wildman–Crippen MR) is 75.0 cm³/mol. The van der Waals surface area contributed by atoms with Crippen molar-refractivity contribution in [2.24, 2.45) is 0 Å². The molecule has 5 nitrogen and oxygen atoms in total. The van der Waals surface area contributed by atoms with Gasteiger partial charge < -0.3 is 9.47 Å². The fourth-order valence-corrected chi connectivity index (χ4v) is 2.40. The van der Waals surface area contributed by atoms with Crippen LogP contribution in [0.1, 0.15) is 17.0 Å². The number of rotatable bonds is 2. The van der Waals surface area contributed by atoms with Gasteiger partial charge in [0.1, 0.15) is 5.82 Å². The minimum absolute atomic E-state index is 0.595. The van der Waals surface area contributed by atoms with Crippen molar-refractivity contribution in [2.75, 3.05) is 14.2 Å². The van der Waals surface area contributed by atoms with Crippen molar-refractivity contribution in [1.29, 1.82) is 0 Å². The Hall–Kier alpha value is -2.08. The molecule has 2 aromatic rings. The number of aromatic nitrogens is 3. The first-order valence-electron chi connectivity index (χ1n) is 5.82. The van der Waals surface area contributed by atoms with E-state index in [0.717, 1.165) is 28.5 Å². The number of ether oxygens (including phenoxy) is 2. The second-order valence-corrected chi connectivity index (χ2v) is 4.60. The Morgan fingerprint density at radius 2 is 2.00 bits per heavy atom. The fourth-order valence-electron chi connectivity index (χ4n) is 2.19. The van der Waals surface area contributed by atoms with Crippen LogP contribution >= 0.6 is 12.2 Å². The smallest absolute Gasteiger partial charge is 0.199 e. The average molecular weight is 275 g/mol. The number of fused-ring (bicyclic) bond motifs is 2. The van der Waals surface area contributed by atoms with E-state index in [0.29, 0.717) is 11.2 Å². The van der Waals surface area contributed by atoms with Gasteiger partial charge in [0.2, 0.25) is 0 Å². The highest BCUT2D eigenvalue weighted by Crippen LogP contribution is 2.33. The molecule has 0 radical (unpaired) electrons. The van der Waals surface area contributed by atoms with E-state index in [-0.39, 0.29) is 0 Å². The summed E-state index contributed by atoms with van der Waals surface area (Å²) in [6.07, 6.45) is 4.61. The number of methoxy groups -OCH3 is 2. The molecule has 2 heterocycles. The van der Waals surface area contributed by atoms with Crippen LogP contribution in [0.25, 0.3) is 12.3 Å². The maximum atomic E-state index is 5.33. The van der Waals surface area contributed by atoms with Crippen LogP contribution in [0.15, 0.2) is 12.1 Å². The number of H-pyrrole nitrogens is 1. The Morgan fingerprint density at radius 3 is 2.74 bits per heavy atom. The molecule has 0 atom stereocenters. The topological polar surface area (TPSA) is 52.1 Å². The van der Waals surface area contributed by atoms with E-state index >= 15 is 0 Å². The highest BCUT2D eigenvalue weighted by molar-refractivity contribution is 7.71. The number of aromatic amines is 1. The zero-order valence-corrected chi connectivity index (χ0v) is 11.5. The van der Waals surface area contributed by atoms with Crippen LogP contribution in [0.4, 0.5) is 0 Å². The molecule has 0 saturated heterocycles. The fraction of sp³-hybridized carbons (Fsp3) is 0.231. The lowest BCUT2D eigenvalue weighted by Gasteiger charge is -2.11. The molecule has 1 aromatic carbocycles. The van der Waals surface area contributed by atoms with Crippen LogP contribution in [0.5, 0.6) is 11.5 Å². The molecule has 1 aliphatic rings. The summed E-state index contributed by atoms with van der Waals surface area (Å²) in [4.78, 5) is 0. The van der Waals surface area contributed by atoms with E-state index in [4.69, 9.17) is 21.7 Å². The van der Waals surface area contributed by atoms with Crippen molar-refractivity contribution in [3.05, 3.63) is 33.9 Å². The van der Waals surface area contributed by atoms with Gasteiger partial charge in [0, 0.05) is 12.6 Å². The molecule has 19 heavy (non-hydrogen) atoms. The number of hydrogen-bond donors (Lipinski definition) is 1. The lowest BCUT2D eigenvalue weighted by molar-refractivity contribution is 0.354. The average Bonchev–Trinajstić information content (AvgIpc) is 2.68. The molecule has 6 heteroatoms. The Bertz CT molecular complexity index is 715. The zero-order chi connectivity index (χ0) is 13.4. The predicted octanol–water partition coefficient (Wildman–Crippen LogP) is 2.49. The van der Waals surface area contributed by atoms with Crippen molar-refractivity contribution >= 4 is 24.5 Å². The van der Waals surface area contributed by atoms with Gasteiger partial charge in [-0.1, -0.05) is 0 Å². The van der Waals surface area contributed by atoms with Crippen molar-refractivity contribution in [2.45, 2.75) is 6.42 Å². The highest BCUT2D eigenvalue weighted by atomic mass is 32.1. The van der Waals surface area contributed by atoms with Gasteiger partial charge >= 0.3 is 0 Å². The normalized spacial score (nSPS) is 12.5. The molecular weight excluding hydrogens is 262 g/mol. The molecule has 0 fully saturated rings. The molecule has 0 bridgehead atoms. The summed E-state index contributed by atoms with van der Waals surface area (Å²) >= 11 is 5.18. The van der Waals surface area contributed by atoms with E-state index in [1.54, 1.807) is 14.2 Å². The van der Waals surface area contributed by atoms with Crippen LogP contribution in [0.2, 0.25) is 0 Å². The Kier molecular flexibility index (Phi) is 2.87. The van der Waals surface area contributed by atoms with E-state index in [1.807, 2.05) is 29.0 Å². The van der Waals surface area contributed by atoms with Crippen molar-refractivity contribution in [3.8, 4) is 11.5 Å². The van der Waals surface area contributed by atoms with Gasteiger partial charge in [-0.05, 0) is 41.6 Å². The van der Waals surface area contributed by atoms with Gasteiger partial charge in [-0.15, -0.1) is 0 Å². The summed E-state index contributed by atoms with van der Waals surface area (Å²) in [5.41, 5.74) is 2.21. The minimum atomic E-state index is 0.595. The molecule has 0 unspecified atom stereocenters. The number of nitrogens with zero attached hydrogens (tertiary/aromatic N) is 2. The van der Waals surface area contributed by atoms with Crippen LogP contribution in [-0.2, 0) is 6.42 Å². The third-order valence-electron chi connectivity index (χ3n) is 3.17. The van der Waals surface area contributed by atoms with Crippen molar-refractivity contribution in [1.82, 2.24) is 14.8 Å². The van der Waals surface area contributed by atoms with Gasteiger partial charge in [-0.25, -0.2) is 0 Å². The maximum absolute atomic E-state index is 5.33. The summed E-state index contributed by atoms with van der Waals surface area (Å²) in [5, 5.41) is 7.03. The van der Waals surface area contributed by atoms with Gasteiger partial charge in [-0.2, -0.15) is 5.10 Å². The minimum Gasteiger partial charge on any atom is -0.493 e. The lowest BCUT2D eigenvalue weighted by atomic mass is 10.0. The van der Waals surface area contributed by atoms with Crippen molar-refractivity contribution in [3.63, 3.8) is 0 Å². The summed E-state index contributed by atoms with van der Waals surface area (Å²) in [5.74, 6) is 2.32. The number of nitrogens with one attached hydrogen (secondary N) is 1. The van der Waals surface area contributed by atoms with Crippen LogP contribution < -0.4 is 9.47 Å². The molecule has 0 spiro atoms. The van der Waals surface area contributed by atoms with E-state index < -0.39 is 0 Å². The monoisotopic (exact) mass is 275 g/mol. The van der Waals surface area contributed by atoms with Gasteiger partial charge in [-0.3, -0.25) is 9.67 Å². The second kappa shape index (κ2) is 4.55. The zero-order valence-electron chi connectivity index (χ0n) is 10.6. The number of benzene rings is 1. The third-order valence-corrected chi connectivity index (χ3v) is 3.46. The van der Waals surface area contributed by atoms with Crippen LogP contribution in [0.3, 0.4) is 0 Å². The molecule has 3 rings (SSSR count). The van der Waals surface area contributed by atoms with E-state index in [1.165, 1.54) is 0 Å². The molecule has 98 valence electrons. The Morgan fingerprint density at radius 1 is 1.26 bits per heavy atom. The Labute approximate surface area is 115 Å². The Balaban J connectivity index is 2.16. The number of hydrogen-bond acceptors (Lipinski definition) is 4. The summed E-state index contributed by atoms with van der Waals surface area (Å²) in [6, 6.07) is 3.94. The van der Waals surface area contributed by atoms with Crippen molar-refractivity contribution < 1.29 is 9.47 Å². The van der Waals surface area contributed by atoms with Crippen LogP contribution in [-0.4, -0.2) is 29.0 Å². The second-order valence-electron chi connectivity index (χ2n) is 4.21. The summed E-state index contributed by atoms with van der Waals surface area (Å²) in [6.45, 7) is 0. The summed E-state index contributed by atoms with van der Waals surface area (Å²) in [7, 11) is 3.26. The van der Waals surface area contributed by atoms with E-state index in [2.05, 4.69) is 10.2 Å². The first kappa shape index (κ1) is 12.0. The molecule has 1 aromatic heterocycles. The van der Waals surface area contributed by atoms with Crippen LogP contribution in [0, 0.1) is 4.77 Å². The summed E-state index contributed by atoms with van der Waals surface area (Å²) < 4.78 is 13.1. The van der Waals surface area contributed by atoms with Gasteiger partial charge in [0.15, 0.2) is 16.3 Å². The molecular formula is C13H13N3O2S. The first-order valence-corrected chi connectivity index (χ1v) is 6.22. The molecule has 0 amide bonds. The van der Waals surface area contributed by atoms with E-state index in [9.17, 15) is 0 Å². The quantitative estimate of drug-likeness (QED) is 0.730. The lowest BCUT2D eigenvalue weighted by Crippen LogP contribution is -1.99. The third kappa shape index (κ3) is 1.94. The molecule has 0 saturated carbocycles. The van der Waals surface area contributed by atoms with Gasteiger partial charge in [0.05, 0.1) is 14.2 Å². The molecule has 1 aliphatic heterocycles. The highest BCUT2D eigenvalue weighted by Gasteiger charge is 2.15. The maximum Gasteiger partial charge on any atom is 0.199 e. The van der Waals surface area contributed by atoms with Gasteiger partial charge in [0.25, 0.3) is 0 Å². The standard InChI is InChI=1S/C13H13N3O2S/c1-17-10-5-8-3-4-16-12(14-15-13(16)19)7-9(8)6-11(10)18-2/h3-6H,7H2,1-2H3,(H,15,19). The first-order chi connectivity index (χ1) is 9.22. The molecule has 1 N–H and O–H groups in total.